The van der Waals surface area contributed by atoms with Crippen molar-refractivity contribution in [2.45, 2.75) is 51.6 Å². The largest absolute Gasteiger partial charge is 0.385 e. The maximum atomic E-state index is 11.3. The van der Waals surface area contributed by atoms with Crippen molar-refractivity contribution in [2.24, 2.45) is 23.7 Å². The van der Waals surface area contributed by atoms with Crippen LogP contribution in [0.25, 0.3) is 0 Å². The summed E-state index contributed by atoms with van der Waals surface area (Å²) >= 11 is 0. The van der Waals surface area contributed by atoms with Crippen LogP contribution >= 0.6 is 0 Å². The number of hydrogen-bond acceptors (Lipinski definition) is 1. The van der Waals surface area contributed by atoms with Gasteiger partial charge in [0.15, 0.2) is 0 Å². The smallest absolute Gasteiger partial charge is 0.0930 e. The third-order valence-corrected chi connectivity index (χ3v) is 6.50. The topological polar surface area (TPSA) is 20.2 Å². The minimum absolute atomic E-state index is 0.519. The molecule has 0 amide bonds. The summed E-state index contributed by atoms with van der Waals surface area (Å²) in [4.78, 5) is 0. The predicted molar refractivity (Wildman–Crippen MR) is 76.9 cm³/mol. The Labute approximate surface area is 116 Å². The molecule has 1 heteroatoms. The monoisotopic (exact) mass is 256 g/mol. The molecule has 0 spiro atoms. The quantitative estimate of drug-likeness (QED) is 0.806. The molecular weight excluding hydrogens is 232 g/mol. The van der Waals surface area contributed by atoms with E-state index in [0.29, 0.717) is 5.92 Å². The van der Waals surface area contributed by atoms with Crippen molar-refractivity contribution in [2.75, 3.05) is 0 Å². The van der Waals surface area contributed by atoms with E-state index in [9.17, 15) is 5.11 Å². The van der Waals surface area contributed by atoms with Gasteiger partial charge >= 0.3 is 0 Å². The first-order chi connectivity index (χ1) is 9.09. The zero-order chi connectivity index (χ0) is 13.2. The molecule has 5 unspecified atom stereocenters. The van der Waals surface area contributed by atoms with Crippen molar-refractivity contribution in [1.82, 2.24) is 0 Å². The zero-order valence-corrected chi connectivity index (χ0v) is 12.0. The molecule has 1 aromatic rings. The van der Waals surface area contributed by atoms with Crippen molar-refractivity contribution in [3.05, 3.63) is 34.9 Å². The fourth-order valence-corrected chi connectivity index (χ4v) is 5.46. The predicted octanol–water partition coefficient (Wildman–Crippen LogP) is 3.95. The summed E-state index contributed by atoms with van der Waals surface area (Å²) in [5, 5.41) is 11.3. The molecule has 1 aromatic carbocycles. The first-order valence-electron chi connectivity index (χ1n) is 7.90. The third-order valence-electron chi connectivity index (χ3n) is 6.50. The van der Waals surface area contributed by atoms with E-state index >= 15 is 0 Å². The molecule has 0 aliphatic heterocycles. The van der Waals surface area contributed by atoms with E-state index in [4.69, 9.17) is 0 Å². The summed E-state index contributed by atoms with van der Waals surface area (Å²) in [6, 6.07) is 6.59. The second kappa shape index (κ2) is 3.85. The van der Waals surface area contributed by atoms with Gasteiger partial charge in [-0.25, -0.2) is 0 Å². The molecule has 0 heterocycles. The second-order valence-corrected chi connectivity index (χ2v) is 7.29. The Morgan fingerprint density at radius 1 is 1.11 bits per heavy atom. The van der Waals surface area contributed by atoms with Crippen LogP contribution in [0, 0.1) is 37.5 Å². The molecule has 0 saturated heterocycles. The van der Waals surface area contributed by atoms with E-state index in [1.807, 2.05) is 0 Å². The van der Waals surface area contributed by atoms with E-state index in [1.54, 1.807) is 0 Å². The molecule has 5 atom stereocenters. The van der Waals surface area contributed by atoms with Crippen LogP contribution in [-0.2, 0) is 5.60 Å². The number of aryl methyl sites for hydroxylation is 2. The maximum absolute atomic E-state index is 11.3. The number of rotatable bonds is 1. The third kappa shape index (κ3) is 1.51. The van der Waals surface area contributed by atoms with Crippen LogP contribution in [0.2, 0.25) is 0 Å². The molecule has 4 rings (SSSR count). The van der Waals surface area contributed by atoms with Crippen LogP contribution in [0.4, 0.5) is 0 Å². The van der Waals surface area contributed by atoms with E-state index in [0.717, 1.165) is 24.2 Å². The van der Waals surface area contributed by atoms with Crippen LogP contribution in [0.15, 0.2) is 18.2 Å². The number of fused-ring (bicyclic) bond motifs is 5. The second-order valence-electron chi connectivity index (χ2n) is 7.29. The molecule has 3 aliphatic rings. The normalized spacial score (nSPS) is 43.7. The zero-order valence-electron chi connectivity index (χ0n) is 12.0. The molecule has 0 radical (unpaired) electrons. The summed E-state index contributed by atoms with van der Waals surface area (Å²) in [6.07, 6.45) is 6.47. The van der Waals surface area contributed by atoms with Crippen molar-refractivity contribution >= 4 is 0 Å². The fraction of sp³-hybridized carbons (Fsp3) is 0.667. The Balaban J connectivity index is 1.73. The average molecular weight is 256 g/mol. The van der Waals surface area contributed by atoms with E-state index in [1.165, 1.54) is 42.4 Å². The number of aliphatic hydroxyl groups is 1. The van der Waals surface area contributed by atoms with Gasteiger partial charge in [0.05, 0.1) is 5.60 Å². The minimum atomic E-state index is -0.519. The minimum Gasteiger partial charge on any atom is -0.385 e. The molecule has 3 aliphatic carbocycles. The van der Waals surface area contributed by atoms with Crippen LogP contribution in [0.3, 0.4) is 0 Å². The van der Waals surface area contributed by atoms with Gasteiger partial charge in [0, 0.05) is 0 Å². The van der Waals surface area contributed by atoms with Crippen molar-refractivity contribution < 1.29 is 5.11 Å². The number of hydrogen-bond donors (Lipinski definition) is 1. The lowest BCUT2D eigenvalue weighted by Gasteiger charge is -2.39. The van der Waals surface area contributed by atoms with Gasteiger partial charge < -0.3 is 5.11 Å². The van der Waals surface area contributed by atoms with Crippen molar-refractivity contribution in [3.63, 3.8) is 0 Å². The summed E-state index contributed by atoms with van der Waals surface area (Å²) in [6.45, 7) is 4.31. The van der Waals surface area contributed by atoms with Gasteiger partial charge in [0.25, 0.3) is 0 Å². The molecule has 2 bridgehead atoms. The molecular formula is C18H24O. The molecule has 1 N–H and O–H groups in total. The maximum Gasteiger partial charge on any atom is 0.0930 e. The highest BCUT2D eigenvalue weighted by Crippen LogP contribution is 2.65. The summed E-state index contributed by atoms with van der Waals surface area (Å²) in [7, 11) is 0. The Kier molecular flexibility index (Phi) is 2.42. The van der Waals surface area contributed by atoms with Gasteiger partial charge in [0.1, 0.15) is 0 Å². The Morgan fingerprint density at radius 3 is 2.68 bits per heavy atom. The van der Waals surface area contributed by atoms with Crippen molar-refractivity contribution in [1.29, 1.82) is 0 Å². The molecule has 102 valence electrons. The Hall–Kier alpha value is -0.820. The van der Waals surface area contributed by atoms with Gasteiger partial charge in [-0.3, -0.25) is 0 Å². The number of benzene rings is 1. The van der Waals surface area contributed by atoms with Crippen LogP contribution in [-0.4, -0.2) is 5.11 Å². The average Bonchev–Trinajstić information content (AvgIpc) is 3.03. The van der Waals surface area contributed by atoms with Crippen LogP contribution in [0.5, 0.6) is 0 Å². The highest BCUT2D eigenvalue weighted by Gasteiger charge is 2.60. The van der Waals surface area contributed by atoms with Crippen LogP contribution in [0.1, 0.15) is 48.8 Å². The first kappa shape index (κ1) is 12.0. The van der Waals surface area contributed by atoms with Gasteiger partial charge in [-0.05, 0) is 79.9 Å². The van der Waals surface area contributed by atoms with Gasteiger partial charge in [-0.2, -0.15) is 0 Å². The van der Waals surface area contributed by atoms with Gasteiger partial charge in [-0.15, -0.1) is 0 Å². The summed E-state index contributed by atoms with van der Waals surface area (Å²) in [5.74, 6) is 3.08. The summed E-state index contributed by atoms with van der Waals surface area (Å²) in [5.41, 5.74) is 3.31. The lowest BCUT2D eigenvalue weighted by Crippen LogP contribution is -2.39. The Morgan fingerprint density at radius 2 is 1.89 bits per heavy atom. The molecule has 0 aromatic heterocycles. The molecule has 3 fully saturated rings. The standard InChI is InChI=1S/C18H24O/c1-11-6-7-14(8-12(11)2)18(19)10-13-9-17(18)16-5-3-4-15(13)16/h6-8,13,15-17,19H,3-5,9-10H2,1-2H3. The van der Waals surface area contributed by atoms with E-state index in [2.05, 4.69) is 32.0 Å². The lowest BCUT2D eigenvalue weighted by molar-refractivity contribution is -0.0513. The Bertz CT molecular complexity index is 520. The molecule has 1 nitrogen and oxygen atoms in total. The molecule has 19 heavy (non-hydrogen) atoms. The highest BCUT2D eigenvalue weighted by molar-refractivity contribution is 5.35. The molecule has 3 saturated carbocycles. The van der Waals surface area contributed by atoms with Crippen LogP contribution < -0.4 is 0 Å². The van der Waals surface area contributed by atoms with Gasteiger partial charge in [0.2, 0.25) is 0 Å². The van der Waals surface area contributed by atoms with Gasteiger partial charge in [-0.1, -0.05) is 24.6 Å². The first-order valence-corrected chi connectivity index (χ1v) is 7.90. The van der Waals surface area contributed by atoms with Crippen molar-refractivity contribution in [3.8, 4) is 0 Å². The summed E-state index contributed by atoms with van der Waals surface area (Å²) < 4.78 is 0. The lowest BCUT2D eigenvalue weighted by atomic mass is 9.70. The fourth-order valence-electron chi connectivity index (χ4n) is 5.46. The highest BCUT2D eigenvalue weighted by atomic mass is 16.3. The van der Waals surface area contributed by atoms with E-state index in [-0.39, 0.29) is 0 Å². The van der Waals surface area contributed by atoms with E-state index < -0.39 is 5.60 Å². The SMILES string of the molecule is Cc1ccc(C2(O)CC3CC2C2CCCC32)cc1C.